The van der Waals surface area contributed by atoms with Crippen LogP contribution in [0.1, 0.15) is 43.3 Å². The minimum atomic E-state index is -0.193. The van der Waals surface area contributed by atoms with Gasteiger partial charge in [-0.15, -0.1) is 0 Å². The SMILES string of the molecule is CC(C)(C)[C@H]1CC(c2ccc(Br)cc2)=NN1C(=O)c1ccco1. The Labute approximate surface area is 144 Å². The van der Waals surface area contributed by atoms with Gasteiger partial charge in [0, 0.05) is 10.9 Å². The van der Waals surface area contributed by atoms with Gasteiger partial charge in [0.25, 0.3) is 0 Å². The highest BCUT2D eigenvalue weighted by Crippen LogP contribution is 2.34. The third-order valence-corrected chi connectivity index (χ3v) is 4.56. The molecule has 1 aromatic heterocycles. The lowest BCUT2D eigenvalue weighted by molar-refractivity contribution is 0.0552. The number of benzene rings is 1. The average molecular weight is 375 g/mol. The van der Waals surface area contributed by atoms with Crippen molar-refractivity contribution in [1.82, 2.24) is 5.01 Å². The highest BCUT2D eigenvalue weighted by molar-refractivity contribution is 9.10. The van der Waals surface area contributed by atoms with Gasteiger partial charge in [0.05, 0.1) is 18.0 Å². The molecule has 4 nitrogen and oxygen atoms in total. The van der Waals surface area contributed by atoms with E-state index < -0.39 is 0 Å². The summed E-state index contributed by atoms with van der Waals surface area (Å²) in [5, 5.41) is 6.20. The minimum absolute atomic E-state index is 0.00116. The zero-order valence-corrected chi connectivity index (χ0v) is 15.0. The Kier molecular flexibility index (Phi) is 4.15. The normalized spacial score (nSPS) is 18.2. The maximum Gasteiger partial charge on any atom is 0.309 e. The molecular weight excluding hydrogens is 356 g/mol. The Balaban J connectivity index is 1.96. The van der Waals surface area contributed by atoms with Gasteiger partial charge in [-0.2, -0.15) is 5.10 Å². The number of furan rings is 1. The van der Waals surface area contributed by atoms with E-state index in [9.17, 15) is 4.79 Å². The fourth-order valence-corrected chi connectivity index (χ4v) is 2.97. The highest BCUT2D eigenvalue weighted by atomic mass is 79.9. The van der Waals surface area contributed by atoms with Crippen molar-refractivity contribution in [3.63, 3.8) is 0 Å². The molecule has 0 unspecified atom stereocenters. The van der Waals surface area contributed by atoms with Crippen LogP contribution in [-0.2, 0) is 0 Å². The van der Waals surface area contributed by atoms with Crippen molar-refractivity contribution in [3.05, 3.63) is 58.5 Å². The van der Waals surface area contributed by atoms with Crippen LogP contribution in [0, 0.1) is 5.41 Å². The maximum absolute atomic E-state index is 12.7. The molecule has 0 N–H and O–H groups in total. The van der Waals surface area contributed by atoms with Gasteiger partial charge in [-0.25, -0.2) is 5.01 Å². The lowest BCUT2D eigenvalue weighted by Gasteiger charge is -2.32. The summed E-state index contributed by atoms with van der Waals surface area (Å²) in [6.45, 7) is 6.38. The molecule has 1 aromatic carbocycles. The first kappa shape index (κ1) is 16.0. The number of rotatable bonds is 2. The summed E-state index contributed by atoms with van der Waals surface area (Å²) in [5.41, 5.74) is 1.89. The topological polar surface area (TPSA) is 45.8 Å². The third kappa shape index (κ3) is 3.24. The minimum Gasteiger partial charge on any atom is -0.459 e. The van der Waals surface area contributed by atoms with Crippen molar-refractivity contribution >= 4 is 27.5 Å². The van der Waals surface area contributed by atoms with Gasteiger partial charge >= 0.3 is 5.91 Å². The van der Waals surface area contributed by atoms with Gasteiger partial charge in [0.2, 0.25) is 0 Å². The molecule has 23 heavy (non-hydrogen) atoms. The predicted molar refractivity (Wildman–Crippen MR) is 93.4 cm³/mol. The molecule has 120 valence electrons. The summed E-state index contributed by atoms with van der Waals surface area (Å²) in [4.78, 5) is 12.7. The molecule has 0 fully saturated rings. The lowest BCUT2D eigenvalue weighted by atomic mass is 9.83. The molecular formula is C18H19BrN2O2. The van der Waals surface area contributed by atoms with Gasteiger partial charge in [-0.3, -0.25) is 4.79 Å². The summed E-state index contributed by atoms with van der Waals surface area (Å²) < 4.78 is 6.28. The monoisotopic (exact) mass is 374 g/mol. The number of carbonyl (C=O) groups excluding carboxylic acids is 1. The first-order chi connectivity index (χ1) is 10.9. The van der Waals surface area contributed by atoms with E-state index in [1.807, 2.05) is 24.3 Å². The van der Waals surface area contributed by atoms with Crippen LogP contribution in [0.15, 0.2) is 56.7 Å². The van der Waals surface area contributed by atoms with E-state index in [0.29, 0.717) is 5.76 Å². The van der Waals surface area contributed by atoms with E-state index in [0.717, 1.165) is 22.2 Å². The molecule has 0 radical (unpaired) electrons. The summed E-state index contributed by atoms with van der Waals surface area (Å²) in [7, 11) is 0. The van der Waals surface area contributed by atoms with Crippen LogP contribution in [0.2, 0.25) is 0 Å². The first-order valence-electron chi connectivity index (χ1n) is 7.57. The predicted octanol–water partition coefficient (Wildman–Crippen LogP) is 4.71. The van der Waals surface area contributed by atoms with Crippen molar-refractivity contribution in [2.24, 2.45) is 10.5 Å². The number of halogens is 1. The van der Waals surface area contributed by atoms with Gasteiger partial charge < -0.3 is 4.42 Å². The van der Waals surface area contributed by atoms with Crippen molar-refractivity contribution in [2.75, 3.05) is 0 Å². The van der Waals surface area contributed by atoms with Crippen LogP contribution in [0.25, 0.3) is 0 Å². The first-order valence-corrected chi connectivity index (χ1v) is 8.36. The molecule has 1 aliphatic rings. The Morgan fingerprint density at radius 1 is 1.26 bits per heavy atom. The number of hydrogen-bond acceptors (Lipinski definition) is 3. The van der Waals surface area contributed by atoms with Gasteiger partial charge in [-0.05, 0) is 35.2 Å². The summed E-state index contributed by atoms with van der Waals surface area (Å²) in [5.74, 6) is 0.127. The van der Waals surface area contributed by atoms with E-state index in [4.69, 9.17) is 4.42 Å². The Hall–Kier alpha value is -1.88. The fraction of sp³-hybridized carbons (Fsp3) is 0.333. The van der Waals surface area contributed by atoms with Crippen molar-refractivity contribution < 1.29 is 9.21 Å². The average Bonchev–Trinajstić information content (AvgIpc) is 3.16. The number of amides is 1. The molecule has 2 aromatic rings. The smallest absolute Gasteiger partial charge is 0.309 e. The molecule has 3 rings (SSSR count). The largest absolute Gasteiger partial charge is 0.459 e. The zero-order valence-electron chi connectivity index (χ0n) is 13.4. The molecule has 1 atom stereocenters. The summed E-state index contributed by atoms with van der Waals surface area (Å²) in [6.07, 6.45) is 2.24. The molecule has 1 amide bonds. The van der Waals surface area contributed by atoms with E-state index in [1.54, 1.807) is 17.1 Å². The Morgan fingerprint density at radius 2 is 1.96 bits per heavy atom. The Morgan fingerprint density at radius 3 is 2.52 bits per heavy atom. The van der Waals surface area contributed by atoms with Gasteiger partial charge in [0.1, 0.15) is 0 Å². The van der Waals surface area contributed by atoms with Crippen LogP contribution in [0.4, 0.5) is 0 Å². The third-order valence-electron chi connectivity index (χ3n) is 4.03. The molecule has 0 aliphatic carbocycles. The standard InChI is InChI=1S/C18H19BrN2O2/c1-18(2,3)16-11-14(12-6-8-13(19)9-7-12)20-21(16)17(22)15-5-4-10-23-15/h4-10,16H,11H2,1-3H3/t16-/m1/s1. The second kappa shape index (κ2) is 5.96. The quantitative estimate of drug-likeness (QED) is 0.763. The van der Waals surface area contributed by atoms with Crippen molar-refractivity contribution in [3.8, 4) is 0 Å². The van der Waals surface area contributed by atoms with Crippen LogP contribution < -0.4 is 0 Å². The van der Waals surface area contributed by atoms with E-state index in [2.05, 4.69) is 41.8 Å². The molecule has 0 spiro atoms. The molecule has 1 aliphatic heterocycles. The number of nitrogens with zero attached hydrogens (tertiary/aromatic N) is 2. The second-order valence-electron chi connectivity index (χ2n) is 6.77. The number of carbonyl (C=O) groups is 1. The molecule has 5 heteroatoms. The van der Waals surface area contributed by atoms with E-state index in [1.165, 1.54) is 6.26 Å². The molecule has 0 saturated carbocycles. The fourth-order valence-electron chi connectivity index (χ4n) is 2.70. The molecule has 2 heterocycles. The highest BCUT2D eigenvalue weighted by Gasteiger charge is 2.40. The van der Waals surface area contributed by atoms with E-state index >= 15 is 0 Å². The summed E-state index contributed by atoms with van der Waals surface area (Å²) >= 11 is 3.44. The number of hydrazone groups is 1. The van der Waals surface area contributed by atoms with Crippen LogP contribution in [-0.4, -0.2) is 22.7 Å². The van der Waals surface area contributed by atoms with Gasteiger partial charge in [-0.1, -0.05) is 48.8 Å². The molecule has 0 bridgehead atoms. The zero-order chi connectivity index (χ0) is 16.6. The van der Waals surface area contributed by atoms with Crippen molar-refractivity contribution in [1.29, 1.82) is 0 Å². The Bertz CT molecular complexity index is 727. The second-order valence-corrected chi connectivity index (χ2v) is 7.68. The van der Waals surface area contributed by atoms with Crippen LogP contribution in [0.5, 0.6) is 0 Å². The van der Waals surface area contributed by atoms with E-state index in [-0.39, 0.29) is 17.4 Å². The lowest BCUT2D eigenvalue weighted by Crippen LogP contribution is -2.41. The summed E-state index contributed by atoms with van der Waals surface area (Å²) in [6, 6.07) is 11.4. The maximum atomic E-state index is 12.7. The van der Waals surface area contributed by atoms with Crippen LogP contribution >= 0.6 is 15.9 Å². The number of hydrogen-bond donors (Lipinski definition) is 0. The van der Waals surface area contributed by atoms with Crippen molar-refractivity contribution in [2.45, 2.75) is 33.2 Å². The van der Waals surface area contributed by atoms with Crippen LogP contribution in [0.3, 0.4) is 0 Å². The molecule has 0 saturated heterocycles. The van der Waals surface area contributed by atoms with Gasteiger partial charge in [0.15, 0.2) is 5.76 Å².